The molecule has 1 fully saturated rings. The molecule has 1 atom stereocenters. The number of benzene rings is 3. The van der Waals surface area contributed by atoms with Crippen molar-refractivity contribution in [1.82, 2.24) is 4.57 Å². The first kappa shape index (κ1) is 20.1. The highest BCUT2D eigenvalue weighted by Crippen LogP contribution is 2.44. The summed E-state index contributed by atoms with van der Waals surface area (Å²) < 4.78 is 1.95. The fourth-order valence-electron chi connectivity index (χ4n) is 4.36. The number of hydrogen-bond acceptors (Lipinski definition) is 3. The van der Waals surface area contributed by atoms with Gasteiger partial charge in [0.05, 0.1) is 11.6 Å². The van der Waals surface area contributed by atoms with Gasteiger partial charge in [-0.25, -0.2) is 0 Å². The minimum absolute atomic E-state index is 0.0533. The van der Waals surface area contributed by atoms with E-state index in [4.69, 9.17) is 11.6 Å². The first-order valence-electron chi connectivity index (χ1n) is 10.1. The van der Waals surface area contributed by atoms with Crippen molar-refractivity contribution in [2.75, 3.05) is 4.90 Å². The molecule has 1 aromatic heterocycles. The molecule has 32 heavy (non-hydrogen) atoms. The Labute approximate surface area is 189 Å². The number of ketones is 1. The lowest BCUT2D eigenvalue weighted by molar-refractivity contribution is -0.132. The number of rotatable bonds is 3. The molecule has 1 amide bonds. The fourth-order valence-corrected chi connectivity index (χ4v) is 4.55. The van der Waals surface area contributed by atoms with Crippen LogP contribution in [0.15, 0.2) is 90.6 Å². The Morgan fingerprint density at radius 2 is 1.66 bits per heavy atom. The van der Waals surface area contributed by atoms with Crippen molar-refractivity contribution in [3.8, 4) is 0 Å². The van der Waals surface area contributed by atoms with E-state index >= 15 is 0 Å². The van der Waals surface area contributed by atoms with E-state index in [0.29, 0.717) is 16.3 Å². The number of hydrogen-bond donors (Lipinski definition) is 1. The Kier molecular flexibility index (Phi) is 4.83. The van der Waals surface area contributed by atoms with Crippen LogP contribution in [0.3, 0.4) is 0 Å². The van der Waals surface area contributed by atoms with Crippen molar-refractivity contribution < 1.29 is 14.7 Å². The van der Waals surface area contributed by atoms with Gasteiger partial charge >= 0.3 is 0 Å². The predicted octanol–water partition coefficient (Wildman–Crippen LogP) is 5.46. The summed E-state index contributed by atoms with van der Waals surface area (Å²) in [6, 6.07) is 22.6. The minimum Gasteiger partial charge on any atom is -0.507 e. The number of amides is 1. The molecular formula is C26H19ClN2O3. The highest BCUT2D eigenvalue weighted by Gasteiger charge is 2.47. The maximum absolute atomic E-state index is 13.3. The van der Waals surface area contributed by atoms with Crippen LogP contribution in [0.4, 0.5) is 5.69 Å². The number of aliphatic hydroxyl groups is 1. The van der Waals surface area contributed by atoms with Gasteiger partial charge in [0.15, 0.2) is 0 Å². The largest absolute Gasteiger partial charge is 0.507 e. The predicted molar refractivity (Wildman–Crippen MR) is 126 cm³/mol. The normalized spacial score (nSPS) is 17.9. The molecule has 5 rings (SSSR count). The molecule has 1 N–H and O–H groups in total. The number of fused-ring (bicyclic) bond motifs is 1. The summed E-state index contributed by atoms with van der Waals surface area (Å²) >= 11 is 6.21. The van der Waals surface area contributed by atoms with Crippen LogP contribution >= 0.6 is 11.6 Å². The number of para-hydroxylation sites is 1. The number of carbonyl (C=O) groups is 2. The van der Waals surface area contributed by atoms with E-state index in [2.05, 4.69) is 0 Å². The second-order valence-corrected chi connectivity index (χ2v) is 8.16. The molecule has 0 spiro atoms. The summed E-state index contributed by atoms with van der Waals surface area (Å²) in [5.41, 5.74) is 2.72. The van der Waals surface area contributed by atoms with Gasteiger partial charge in [0.2, 0.25) is 0 Å². The molecule has 1 aliphatic heterocycles. The van der Waals surface area contributed by atoms with E-state index in [0.717, 1.165) is 16.5 Å². The third-order valence-electron chi connectivity index (χ3n) is 5.80. The fraction of sp³-hybridized carbons (Fsp3) is 0.0769. The molecule has 5 nitrogen and oxygen atoms in total. The number of anilines is 1. The minimum atomic E-state index is -0.806. The van der Waals surface area contributed by atoms with E-state index in [9.17, 15) is 14.7 Å². The second-order valence-electron chi connectivity index (χ2n) is 7.73. The van der Waals surface area contributed by atoms with E-state index in [1.807, 2.05) is 48.1 Å². The van der Waals surface area contributed by atoms with Crippen molar-refractivity contribution in [2.24, 2.45) is 7.05 Å². The lowest BCUT2D eigenvalue weighted by Crippen LogP contribution is -2.29. The molecule has 1 unspecified atom stereocenters. The van der Waals surface area contributed by atoms with E-state index in [1.54, 1.807) is 48.5 Å². The summed E-state index contributed by atoms with van der Waals surface area (Å²) in [7, 11) is 1.91. The number of carbonyl (C=O) groups excluding carboxylic acids is 2. The molecule has 0 aliphatic carbocycles. The Hall–Kier alpha value is -3.83. The molecule has 2 heterocycles. The average Bonchev–Trinajstić information content (AvgIpc) is 3.28. The highest BCUT2D eigenvalue weighted by molar-refractivity contribution is 6.52. The first-order valence-corrected chi connectivity index (χ1v) is 10.5. The van der Waals surface area contributed by atoms with Gasteiger partial charge in [0, 0.05) is 46.0 Å². The van der Waals surface area contributed by atoms with Crippen molar-refractivity contribution in [1.29, 1.82) is 0 Å². The number of halogens is 1. The monoisotopic (exact) mass is 442 g/mol. The quantitative estimate of drug-likeness (QED) is 0.260. The number of nitrogens with zero attached hydrogens (tertiary/aromatic N) is 2. The van der Waals surface area contributed by atoms with Crippen LogP contribution in [0.2, 0.25) is 5.02 Å². The Morgan fingerprint density at radius 1 is 0.938 bits per heavy atom. The van der Waals surface area contributed by atoms with Crippen molar-refractivity contribution in [3.05, 3.63) is 107 Å². The van der Waals surface area contributed by atoms with Gasteiger partial charge in [-0.2, -0.15) is 0 Å². The SMILES string of the molecule is Cn1cc(C2/C(=C(\O)c3ccccc3)C(=O)C(=O)N2c2cccc(Cl)c2)c2ccccc21. The topological polar surface area (TPSA) is 62.5 Å². The van der Waals surface area contributed by atoms with Gasteiger partial charge in [0.25, 0.3) is 11.7 Å². The van der Waals surface area contributed by atoms with Gasteiger partial charge in [-0.1, -0.05) is 66.2 Å². The van der Waals surface area contributed by atoms with Crippen LogP contribution in [0.1, 0.15) is 17.2 Å². The standard InChI is InChI=1S/C26H19ClN2O3/c1-28-15-20(19-12-5-6-13-21(19)28)23-22(24(30)16-8-3-2-4-9-16)25(31)26(32)29(23)18-11-7-10-17(27)14-18/h2-15,23,30H,1H3/b24-22+. The molecule has 4 aromatic rings. The highest BCUT2D eigenvalue weighted by atomic mass is 35.5. The maximum atomic E-state index is 13.3. The lowest BCUT2D eigenvalue weighted by atomic mass is 9.95. The lowest BCUT2D eigenvalue weighted by Gasteiger charge is -2.25. The summed E-state index contributed by atoms with van der Waals surface area (Å²) in [5.74, 6) is -1.64. The molecule has 1 saturated heterocycles. The molecular weight excluding hydrogens is 424 g/mol. The van der Waals surface area contributed by atoms with Crippen molar-refractivity contribution in [3.63, 3.8) is 0 Å². The third-order valence-corrected chi connectivity index (χ3v) is 6.04. The van der Waals surface area contributed by atoms with E-state index in [1.165, 1.54) is 4.90 Å². The van der Waals surface area contributed by atoms with Gasteiger partial charge in [-0.05, 0) is 24.3 Å². The van der Waals surface area contributed by atoms with E-state index in [-0.39, 0.29) is 11.3 Å². The summed E-state index contributed by atoms with van der Waals surface area (Å²) in [5, 5.41) is 12.5. The third kappa shape index (κ3) is 3.10. The van der Waals surface area contributed by atoms with Gasteiger partial charge in [0.1, 0.15) is 5.76 Å². The maximum Gasteiger partial charge on any atom is 0.300 e. The van der Waals surface area contributed by atoms with Crippen LogP contribution in [0.25, 0.3) is 16.7 Å². The van der Waals surface area contributed by atoms with Gasteiger partial charge in [-0.3, -0.25) is 14.5 Å². The molecule has 0 saturated carbocycles. The Morgan fingerprint density at radius 3 is 2.41 bits per heavy atom. The summed E-state index contributed by atoms with van der Waals surface area (Å²) in [4.78, 5) is 28.0. The van der Waals surface area contributed by atoms with Crippen LogP contribution < -0.4 is 4.90 Å². The Bertz CT molecular complexity index is 1410. The van der Waals surface area contributed by atoms with Crippen LogP contribution in [-0.4, -0.2) is 21.4 Å². The summed E-state index contributed by atoms with van der Waals surface area (Å²) in [6.45, 7) is 0. The van der Waals surface area contributed by atoms with Crippen LogP contribution in [-0.2, 0) is 16.6 Å². The van der Waals surface area contributed by atoms with Crippen LogP contribution in [0.5, 0.6) is 0 Å². The number of aliphatic hydroxyl groups excluding tert-OH is 1. The molecule has 158 valence electrons. The number of aryl methyl sites for hydroxylation is 1. The number of aromatic nitrogens is 1. The molecule has 3 aromatic carbocycles. The smallest absolute Gasteiger partial charge is 0.300 e. The molecule has 0 bridgehead atoms. The van der Waals surface area contributed by atoms with E-state index < -0.39 is 17.7 Å². The molecule has 1 aliphatic rings. The molecule has 0 radical (unpaired) electrons. The van der Waals surface area contributed by atoms with Crippen molar-refractivity contribution >= 4 is 45.6 Å². The Balaban J connectivity index is 1.82. The second kappa shape index (κ2) is 7.70. The number of Topliss-reactive ketones (excluding diaryl/α,β-unsaturated/α-hetero) is 1. The van der Waals surface area contributed by atoms with Gasteiger partial charge < -0.3 is 9.67 Å². The van der Waals surface area contributed by atoms with Crippen LogP contribution in [0, 0.1) is 0 Å². The average molecular weight is 443 g/mol. The zero-order chi connectivity index (χ0) is 22.4. The zero-order valence-corrected chi connectivity index (χ0v) is 18.0. The first-order chi connectivity index (χ1) is 15.5. The zero-order valence-electron chi connectivity index (χ0n) is 17.2. The van der Waals surface area contributed by atoms with Gasteiger partial charge in [-0.15, -0.1) is 0 Å². The summed E-state index contributed by atoms with van der Waals surface area (Å²) in [6.07, 6.45) is 1.90. The molecule has 6 heteroatoms. The van der Waals surface area contributed by atoms with Crippen molar-refractivity contribution in [2.45, 2.75) is 6.04 Å².